The lowest BCUT2D eigenvalue weighted by Gasteiger charge is -2.36. The third-order valence-corrected chi connectivity index (χ3v) is 2.27. The summed E-state index contributed by atoms with van der Waals surface area (Å²) < 4.78 is 5.25. The van der Waals surface area contributed by atoms with Gasteiger partial charge in [-0.3, -0.25) is 0 Å². The van der Waals surface area contributed by atoms with Gasteiger partial charge < -0.3 is 4.74 Å². The summed E-state index contributed by atoms with van der Waals surface area (Å²) in [4.78, 5) is 9.96. The summed E-state index contributed by atoms with van der Waals surface area (Å²) in [5.41, 5.74) is 0. The Balaban J connectivity index is 2.00. The monoisotopic (exact) mass is 144 g/mol. The maximum Gasteiger partial charge on any atom is 0.191 e. The number of hydrogen-bond donors (Lipinski definition) is 0. The van der Waals surface area contributed by atoms with Gasteiger partial charge in [-0.1, -0.05) is 0 Å². The summed E-state index contributed by atoms with van der Waals surface area (Å²) in [6.07, 6.45) is 2.28. The molecule has 0 aromatic rings. The average molecular weight is 144 g/mol. The van der Waals surface area contributed by atoms with Gasteiger partial charge in [0.05, 0.1) is 12.7 Å². The van der Waals surface area contributed by atoms with E-state index in [9.17, 15) is 0 Å². The van der Waals surface area contributed by atoms with Crippen LogP contribution in [0.2, 0.25) is 0 Å². The molecular formula is C7H12O3. The molecule has 0 saturated carbocycles. The van der Waals surface area contributed by atoms with Crippen LogP contribution in [0.4, 0.5) is 0 Å². The molecule has 2 aliphatic heterocycles. The van der Waals surface area contributed by atoms with Crippen molar-refractivity contribution in [3.05, 3.63) is 0 Å². The van der Waals surface area contributed by atoms with Crippen LogP contribution in [-0.2, 0) is 14.5 Å². The first-order valence-electron chi connectivity index (χ1n) is 3.80. The van der Waals surface area contributed by atoms with E-state index in [4.69, 9.17) is 14.5 Å². The summed E-state index contributed by atoms with van der Waals surface area (Å²) in [5, 5.41) is 0. The van der Waals surface area contributed by atoms with Crippen molar-refractivity contribution in [1.29, 1.82) is 0 Å². The number of ether oxygens (including phenoxy) is 1. The molecule has 2 saturated heterocycles. The standard InChI is InChI=1S/C7H12O3/c1-5-6-2-3-8-7(4-6)10-9-5/h5-7H,2-4H2,1H3/t5-,6-,7-/m0/s1. The first-order valence-corrected chi connectivity index (χ1v) is 3.80. The lowest BCUT2D eigenvalue weighted by atomic mass is 9.94. The molecule has 3 heteroatoms. The Bertz CT molecular complexity index is 124. The maximum absolute atomic E-state index is 5.25. The van der Waals surface area contributed by atoms with Crippen molar-refractivity contribution in [3.63, 3.8) is 0 Å². The summed E-state index contributed by atoms with van der Waals surface area (Å²) >= 11 is 0. The zero-order valence-corrected chi connectivity index (χ0v) is 6.08. The minimum Gasteiger partial charge on any atom is -0.350 e. The third-order valence-electron chi connectivity index (χ3n) is 2.27. The van der Waals surface area contributed by atoms with Gasteiger partial charge in [-0.2, -0.15) is 0 Å². The smallest absolute Gasteiger partial charge is 0.191 e. The van der Waals surface area contributed by atoms with Crippen LogP contribution in [0, 0.1) is 5.92 Å². The highest BCUT2D eigenvalue weighted by molar-refractivity contribution is 4.73. The van der Waals surface area contributed by atoms with Gasteiger partial charge in [-0.15, -0.1) is 0 Å². The molecule has 0 aromatic heterocycles. The highest BCUT2D eigenvalue weighted by Crippen LogP contribution is 2.30. The molecule has 0 amide bonds. The Labute approximate surface area is 60.2 Å². The fourth-order valence-electron chi connectivity index (χ4n) is 1.51. The molecule has 0 N–H and O–H groups in total. The minimum atomic E-state index is -0.0880. The second kappa shape index (κ2) is 2.49. The first-order chi connectivity index (χ1) is 4.86. The molecular weight excluding hydrogens is 132 g/mol. The molecule has 3 nitrogen and oxygen atoms in total. The molecule has 2 heterocycles. The molecule has 10 heavy (non-hydrogen) atoms. The van der Waals surface area contributed by atoms with Crippen LogP contribution in [0.3, 0.4) is 0 Å². The molecule has 0 unspecified atom stereocenters. The van der Waals surface area contributed by atoms with Crippen molar-refractivity contribution in [2.24, 2.45) is 5.92 Å². The SMILES string of the molecule is C[C@@H]1OO[C@H]2C[C@@H]1CCO2. The fraction of sp³-hybridized carbons (Fsp3) is 1.00. The van der Waals surface area contributed by atoms with Crippen molar-refractivity contribution in [1.82, 2.24) is 0 Å². The zero-order valence-electron chi connectivity index (χ0n) is 6.08. The van der Waals surface area contributed by atoms with Gasteiger partial charge in [0.1, 0.15) is 0 Å². The van der Waals surface area contributed by atoms with Crippen LogP contribution >= 0.6 is 0 Å². The highest BCUT2D eigenvalue weighted by atomic mass is 17.2. The molecule has 0 aliphatic carbocycles. The van der Waals surface area contributed by atoms with Crippen LogP contribution in [0.25, 0.3) is 0 Å². The Morgan fingerprint density at radius 2 is 2.20 bits per heavy atom. The van der Waals surface area contributed by atoms with Crippen molar-refractivity contribution in [2.45, 2.75) is 32.2 Å². The van der Waals surface area contributed by atoms with Crippen LogP contribution in [0.15, 0.2) is 0 Å². The molecule has 0 spiro atoms. The molecule has 0 radical (unpaired) electrons. The van der Waals surface area contributed by atoms with Crippen LogP contribution in [0.1, 0.15) is 19.8 Å². The van der Waals surface area contributed by atoms with E-state index < -0.39 is 0 Å². The second-order valence-electron chi connectivity index (χ2n) is 2.98. The lowest BCUT2D eigenvalue weighted by Crippen LogP contribution is -2.40. The normalized spacial score (nSPS) is 47.1. The van der Waals surface area contributed by atoms with E-state index in [0.717, 1.165) is 19.4 Å². The summed E-state index contributed by atoms with van der Waals surface area (Å²) in [6.45, 7) is 2.87. The molecule has 2 rings (SSSR count). The summed E-state index contributed by atoms with van der Waals surface area (Å²) in [6, 6.07) is 0. The lowest BCUT2D eigenvalue weighted by molar-refractivity contribution is -0.441. The van der Waals surface area contributed by atoms with Gasteiger partial charge in [0.15, 0.2) is 6.29 Å². The molecule has 3 atom stereocenters. The molecule has 2 fully saturated rings. The number of hydrogen-bond acceptors (Lipinski definition) is 3. The van der Waals surface area contributed by atoms with E-state index in [1.807, 2.05) is 6.92 Å². The second-order valence-corrected chi connectivity index (χ2v) is 2.98. The Kier molecular flexibility index (Phi) is 1.64. The van der Waals surface area contributed by atoms with Crippen molar-refractivity contribution < 1.29 is 14.5 Å². The van der Waals surface area contributed by atoms with Gasteiger partial charge in [0.2, 0.25) is 0 Å². The van der Waals surface area contributed by atoms with E-state index >= 15 is 0 Å². The molecule has 58 valence electrons. The summed E-state index contributed by atoms with van der Waals surface area (Å²) in [7, 11) is 0. The average Bonchev–Trinajstić information content (AvgIpc) is 1.99. The van der Waals surface area contributed by atoms with E-state index in [2.05, 4.69) is 0 Å². The van der Waals surface area contributed by atoms with Gasteiger partial charge in [0, 0.05) is 6.42 Å². The van der Waals surface area contributed by atoms with Crippen molar-refractivity contribution in [3.8, 4) is 0 Å². The minimum absolute atomic E-state index is 0.0880. The van der Waals surface area contributed by atoms with Gasteiger partial charge in [-0.05, 0) is 19.3 Å². The zero-order chi connectivity index (χ0) is 6.97. The Hall–Kier alpha value is -0.120. The van der Waals surface area contributed by atoms with E-state index in [1.165, 1.54) is 0 Å². The first kappa shape index (κ1) is 6.58. The highest BCUT2D eigenvalue weighted by Gasteiger charge is 2.33. The fourth-order valence-corrected chi connectivity index (χ4v) is 1.51. The Morgan fingerprint density at radius 1 is 1.30 bits per heavy atom. The van der Waals surface area contributed by atoms with Crippen LogP contribution < -0.4 is 0 Å². The van der Waals surface area contributed by atoms with Crippen molar-refractivity contribution in [2.75, 3.05) is 6.61 Å². The number of rotatable bonds is 0. The number of fused-ring (bicyclic) bond motifs is 2. The third kappa shape index (κ3) is 1.05. The maximum atomic E-state index is 5.25. The van der Waals surface area contributed by atoms with Crippen molar-refractivity contribution >= 4 is 0 Å². The van der Waals surface area contributed by atoms with E-state index in [-0.39, 0.29) is 12.4 Å². The Morgan fingerprint density at radius 3 is 3.00 bits per heavy atom. The molecule has 2 bridgehead atoms. The predicted octanol–water partition coefficient (Wildman–Crippen LogP) is 1.09. The quantitative estimate of drug-likeness (QED) is 0.476. The van der Waals surface area contributed by atoms with Crippen LogP contribution in [0.5, 0.6) is 0 Å². The van der Waals surface area contributed by atoms with E-state index in [1.54, 1.807) is 0 Å². The van der Waals surface area contributed by atoms with Gasteiger partial charge in [0.25, 0.3) is 0 Å². The van der Waals surface area contributed by atoms with E-state index in [0.29, 0.717) is 5.92 Å². The molecule has 2 aliphatic rings. The molecule has 0 aromatic carbocycles. The topological polar surface area (TPSA) is 27.7 Å². The van der Waals surface area contributed by atoms with Gasteiger partial charge in [-0.25, -0.2) is 9.78 Å². The largest absolute Gasteiger partial charge is 0.350 e. The predicted molar refractivity (Wildman–Crippen MR) is 34.1 cm³/mol. The van der Waals surface area contributed by atoms with Gasteiger partial charge >= 0.3 is 0 Å². The summed E-state index contributed by atoms with van der Waals surface area (Å²) in [5.74, 6) is 0.646. The van der Waals surface area contributed by atoms with Crippen LogP contribution in [-0.4, -0.2) is 19.0 Å².